The molecule has 2 aromatic rings. The number of amides is 1. The Bertz CT molecular complexity index is 673. The molecular formula is C17H22ClN3OS. The van der Waals surface area contributed by atoms with Crippen LogP contribution in [0.1, 0.15) is 24.8 Å². The highest BCUT2D eigenvalue weighted by atomic mass is 35.5. The van der Waals surface area contributed by atoms with Crippen molar-refractivity contribution in [1.29, 1.82) is 0 Å². The van der Waals surface area contributed by atoms with Gasteiger partial charge in [0.2, 0.25) is 5.91 Å². The van der Waals surface area contributed by atoms with Gasteiger partial charge in [0.05, 0.1) is 5.69 Å². The molecule has 23 heavy (non-hydrogen) atoms. The van der Waals surface area contributed by atoms with Crippen LogP contribution in [0.2, 0.25) is 0 Å². The summed E-state index contributed by atoms with van der Waals surface area (Å²) in [6, 6.07) is 8.14. The first-order valence-corrected chi connectivity index (χ1v) is 8.59. The number of aromatic nitrogens is 1. The summed E-state index contributed by atoms with van der Waals surface area (Å²) in [7, 11) is 0. The summed E-state index contributed by atoms with van der Waals surface area (Å²) in [6.45, 7) is 2.65. The maximum Gasteiger partial charge on any atom is 0.229 e. The monoisotopic (exact) mass is 351 g/mol. The van der Waals surface area contributed by atoms with E-state index in [1.54, 1.807) is 0 Å². The number of hydrogen-bond acceptors (Lipinski definition) is 4. The van der Waals surface area contributed by atoms with Gasteiger partial charge < -0.3 is 11.1 Å². The number of halogens is 1. The van der Waals surface area contributed by atoms with Gasteiger partial charge in [0.25, 0.3) is 0 Å². The van der Waals surface area contributed by atoms with E-state index in [-0.39, 0.29) is 24.2 Å². The van der Waals surface area contributed by atoms with Crippen LogP contribution in [0, 0.1) is 18.8 Å². The van der Waals surface area contributed by atoms with Gasteiger partial charge in [0.15, 0.2) is 5.13 Å². The molecule has 0 unspecified atom stereocenters. The first-order chi connectivity index (χ1) is 10.7. The molecule has 0 aliphatic heterocycles. The lowest BCUT2D eigenvalue weighted by atomic mass is 9.95. The molecule has 1 amide bonds. The fourth-order valence-corrected chi connectivity index (χ4v) is 3.89. The molecule has 124 valence electrons. The molecule has 2 atom stereocenters. The Morgan fingerprint density at radius 1 is 1.39 bits per heavy atom. The van der Waals surface area contributed by atoms with Gasteiger partial charge in [-0.1, -0.05) is 30.7 Å². The molecule has 1 aromatic heterocycles. The Hall–Kier alpha value is -1.43. The quantitative estimate of drug-likeness (QED) is 0.879. The molecule has 4 nitrogen and oxygen atoms in total. The Labute approximate surface area is 146 Å². The van der Waals surface area contributed by atoms with E-state index in [0.717, 1.165) is 30.5 Å². The highest BCUT2D eigenvalue weighted by Crippen LogP contribution is 2.33. The lowest BCUT2D eigenvalue weighted by molar-refractivity contribution is -0.120. The van der Waals surface area contributed by atoms with Crippen molar-refractivity contribution in [3.8, 4) is 11.3 Å². The molecule has 6 heteroatoms. The van der Waals surface area contributed by atoms with Gasteiger partial charge in [0, 0.05) is 16.9 Å². The number of aryl methyl sites for hydroxylation is 1. The number of nitrogens with one attached hydrogen (secondary N) is 1. The fraction of sp³-hybridized carbons (Fsp3) is 0.412. The Kier molecular flexibility index (Phi) is 6.16. The molecule has 1 heterocycles. The average molecular weight is 352 g/mol. The lowest BCUT2D eigenvalue weighted by Gasteiger charge is -2.16. The van der Waals surface area contributed by atoms with E-state index in [2.05, 4.69) is 29.4 Å². The van der Waals surface area contributed by atoms with E-state index >= 15 is 0 Å². The predicted octanol–water partition coefficient (Wildman–Crippen LogP) is 3.85. The number of hydrogen-bond donors (Lipinski definition) is 2. The highest BCUT2D eigenvalue weighted by Gasteiger charge is 2.32. The summed E-state index contributed by atoms with van der Waals surface area (Å²) in [5.41, 5.74) is 8.97. The minimum Gasteiger partial charge on any atom is -0.330 e. The average Bonchev–Trinajstić information content (AvgIpc) is 3.16. The molecule has 0 saturated heterocycles. The van der Waals surface area contributed by atoms with E-state index in [4.69, 9.17) is 5.73 Å². The number of benzene rings is 1. The summed E-state index contributed by atoms with van der Waals surface area (Å²) < 4.78 is 0. The van der Waals surface area contributed by atoms with Crippen LogP contribution in [0.25, 0.3) is 11.3 Å². The van der Waals surface area contributed by atoms with Crippen LogP contribution < -0.4 is 11.1 Å². The molecule has 0 spiro atoms. The van der Waals surface area contributed by atoms with E-state index < -0.39 is 0 Å². The number of nitrogens with two attached hydrogens (primary N) is 1. The van der Waals surface area contributed by atoms with Crippen LogP contribution >= 0.6 is 23.7 Å². The number of carbonyl (C=O) groups excluding carboxylic acids is 1. The van der Waals surface area contributed by atoms with Crippen molar-refractivity contribution in [3.63, 3.8) is 0 Å². The molecule has 1 fully saturated rings. The molecule has 1 saturated carbocycles. The maximum absolute atomic E-state index is 12.4. The first kappa shape index (κ1) is 17.9. The number of carbonyl (C=O) groups is 1. The summed E-state index contributed by atoms with van der Waals surface area (Å²) in [5.74, 6) is 0.422. The minimum absolute atomic E-state index is 0. The zero-order valence-corrected chi connectivity index (χ0v) is 14.8. The lowest BCUT2D eigenvalue weighted by Crippen LogP contribution is -2.29. The van der Waals surface area contributed by atoms with Crippen LogP contribution in [0.15, 0.2) is 29.6 Å². The van der Waals surface area contributed by atoms with Gasteiger partial charge in [-0.05, 0) is 37.8 Å². The second-order valence-corrected chi connectivity index (χ2v) is 6.73. The van der Waals surface area contributed by atoms with E-state index in [1.807, 2.05) is 17.5 Å². The van der Waals surface area contributed by atoms with E-state index in [9.17, 15) is 4.79 Å². The van der Waals surface area contributed by atoms with Crippen molar-refractivity contribution in [1.82, 2.24) is 4.98 Å². The molecule has 3 rings (SSSR count). The number of rotatable bonds is 4. The second kappa shape index (κ2) is 7.90. The largest absolute Gasteiger partial charge is 0.330 e. The number of nitrogens with zero attached hydrogens (tertiary/aromatic N) is 1. The van der Waals surface area contributed by atoms with Crippen molar-refractivity contribution in [2.75, 3.05) is 11.9 Å². The van der Waals surface area contributed by atoms with Crippen LogP contribution in [0.4, 0.5) is 5.13 Å². The Balaban J connectivity index is 0.00000192. The SMILES string of the molecule is Cc1ccccc1-c1csc(NC(=O)[C@@H]2CCC[C@@H]2CN)n1.Cl. The van der Waals surface area contributed by atoms with Crippen LogP contribution in [-0.4, -0.2) is 17.4 Å². The van der Waals surface area contributed by atoms with Gasteiger partial charge in [-0.2, -0.15) is 0 Å². The van der Waals surface area contributed by atoms with Crippen molar-refractivity contribution < 1.29 is 4.79 Å². The molecule has 1 aliphatic rings. The molecule has 1 aliphatic carbocycles. The van der Waals surface area contributed by atoms with Crippen molar-refractivity contribution in [3.05, 3.63) is 35.2 Å². The van der Waals surface area contributed by atoms with Crippen molar-refractivity contribution in [2.45, 2.75) is 26.2 Å². The third-order valence-corrected chi connectivity index (χ3v) is 5.21. The van der Waals surface area contributed by atoms with E-state index in [1.165, 1.54) is 16.9 Å². The van der Waals surface area contributed by atoms with Crippen molar-refractivity contribution in [2.24, 2.45) is 17.6 Å². The van der Waals surface area contributed by atoms with E-state index in [0.29, 0.717) is 17.6 Å². The van der Waals surface area contributed by atoms with Gasteiger partial charge in [-0.3, -0.25) is 4.79 Å². The zero-order valence-electron chi connectivity index (χ0n) is 13.1. The number of anilines is 1. The summed E-state index contributed by atoms with van der Waals surface area (Å²) >= 11 is 1.47. The fourth-order valence-electron chi connectivity index (χ4n) is 3.18. The van der Waals surface area contributed by atoms with Crippen LogP contribution in [0.5, 0.6) is 0 Å². The number of thiazole rings is 1. The Morgan fingerprint density at radius 2 is 2.17 bits per heavy atom. The summed E-state index contributed by atoms with van der Waals surface area (Å²) in [4.78, 5) is 17.0. The van der Waals surface area contributed by atoms with Crippen LogP contribution in [-0.2, 0) is 4.79 Å². The summed E-state index contributed by atoms with van der Waals surface area (Å²) in [5, 5.41) is 5.64. The third kappa shape index (κ3) is 3.91. The predicted molar refractivity (Wildman–Crippen MR) is 98.1 cm³/mol. The maximum atomic E-state index is 12.4. The standard InChI is InChI=1S/C17H21N3OS.ClH/c1-11-5-2-3-7-13(11)15-10-22-17(19-15)20-16(21)14-8-4-6-12(14)9-18;/h2-3,5,7,10,12,14H,4,6,8-9,18H2,1H3,(H,19,20,21);1H/t12-,14-;/m1./s1. The first-order valence-electron chi connectivity index (χ1n) is 7.71. The van der Waals surface area contributed by atoms with Crippen LogP contribution in [0.3, 0.4) is 0 Å². The topological polar surface area (TPSA) is 68.0 Å². The molecule has 1 aromatic carbocycles. The molecular weight excluding hydrogens is 330 g/mol. The van der Waals surface area contributed by atoms with Gasteiger partial charge in [0.1, 0.15) is 0 Å². The summed E-state index contributed by atoms with van der Waals surface area (Å²) in [6.07, 6.45) is 3.08. The molecule has 0 radical (unpaired) electrons. The normalized spacial score (nSPS) is 20.1. The smallest absolute Gasteiger partial charge is 0.229 e. The van der Waals surface area contributed by atoms with Gasteiger partial charge in [-0.25, -0.2) is 4.98 Å². The zero-order chi connectivity index (χ0) is 15.5. The Morgan fingerprint density at radius 3 is 2.91 bits per heavy atom. The van der Waals surface area contributed by atoms with Crippen molar-refractivity contribution >= 4 is 34.8 Å². The minimum atomic E-state index is 0. The third-order valence-electron chi connectivity index (χ3n) is 4.45. The highest BCUT2D eigenvalue weighted by molar-refractivity contribution is 7.14. The molecule has 3 N–H and O–H groups in total. The van der Waals surface area contributed by atoms with Gasteiger partial charge >= 0.3 is 0 Å². The molecule has 0 bridgehead atoms. The second-order valence-electron chi connectivity index (χ2n) is 5.88. The van der Waals surface area contributed by atoms with Gasteiger partial charge in [-0.15, -0.1) is 23.7 Å².